The molecule has 0 unspecified atom stereocenters. The molecule has 2 aromatic heterocycles. The molecule has 0 aliphatic rings. The second-order valence-electron chi connectivity index (χ2n) is 4.54. The average Bonchev–Trinajstić information content (AvgIpc) is 3.22. The molecule has 0 saturated carbocycles. The number of furan rings is 1. The first-order valence-corrected chi connectivity index (χ1v) is 7.66. The number of aromatic amines is 1. The number of rotatable bonds is 6. The molecular formula is C15H13N3O4S. The van der Waals surface area contributed by atoms with Gasteiger partial charge in [-0.1, -0.05) is 11.8 Å². The highest BCUT2D eigenvalue weighted by molar-refractivity contribution is 7.99. The predicted molar refractivity (Wildman–Crippen MR) is 84.4 cm³/mol. The van der Waals surface area contributed by atoms with E-state index in [-0.39, 0.29) is 5.75 Å². The third-order valence-electron chi connectivity index (χ3n) is 3.00. The first kappa shape index (κ1) is 15.2. The molecule has 118 valence electrons. The summed E-state index contributed by atoms with van der Waals surface area (Å²) in [7, 11) is 1.61. The van der Waals surface area contributed by atoms with E-state index in [1.54, 1.807) is 13.2 Å². The number of nitrogens with zero attached hydrogens (tertiary/aromatic N) is 2. The number of hydrogen-bond donors (Lipinski definition) is 2. The van der Waals surface area contributed by atoms with E-state index in [2.05, 4.69) is 15.2 Å². The average molecular weight is 331 g/mol. The van der Waals surface area contributed by atoms with Crippen molar-refractivity contribution in [3.63, 3.8) is 0 Å². The normalized spacial score (nSPS) is 10.7. The lowest BCUT2D eigenvalue weighted by Crippen LogP contribution is -1.97. The van der Waals surface area contributed by atoms with Crippen molar-refractivity contribution in [2.75, 3.05) is 12.9 Å². The Hall–Kier alpha value is -2.74. The Bertz CT molecular complexity index is 810. The van der Waals surface area contributed by atoms with Crippen molar-refractivity contribution < 1.29 is 19.1 Å². The van der Waals surface area contributed by atoms with Gasteiger partial charge in [0.25, 0.3) is 0 Å². The number of carboxylic acid groups (broad SMARTS) is 1. The van der Waals surface area contributed by atoms with Crippen molar-refractivity contribution in [2.24, 2.45) is 0 Å². The summed E-state index contributed by atoms with van der Waals surface area (Å²) in [5, 5.41) is 15.7. The van der Waals surface area contributed by atoms with Gasteiger partial charge in [-0.2, -0.15) is 4.98 Å². The van der Waals surface area contributed by atoms with E-state index >= 15 is 0 Å². The van der Waals surface area contributed by atoms with Crippen LogP contribution in [-0.4, -0.2) is 39.1 Å². The van der Waals surface area contributed by atoms with Crippen molar-refractivity contribution in [3.8, 4) is 28.7 Å². The molecule has 8 heteroatoms. The topological polar surface area (TPSA) is 101 Å². The lowest BCUT2D eigenvalue weighted by atomic mass is 10.2. The van der Waals surface area contributed by atoms with E-state index < -0.39 is 5.97 Å². The quantitative estimate of drug-likeness (QED) is 0.670. The SMILES string of the molecule is COc1ccc(-c2ccc(-c3nc(SCC(=O)O)n[nH]3)o2)cc1. The number of carbonyl (C=O) groups is 1. The second-order valence-corrected chi connectivity index (χ2v) is 5.48. The maximum Gasteiger partial charge on any atom is 0.313 e. The summed E-state index contributed by atoms with van der Waals surface area (Å²) in [6.45, 7) is 0. The van der Waals surface area contributed by atoms with Gasteiger partial charge in [-0.05, 0) is 36.4 Å². The Labute approximate surface area is 135 Å². The van der Waals surface area contributed by atoms with Gasteiger partial charge in [0.05, 0.1) is 12.9 Å². The Morgan fingerprint density at radius 2 is 2.00 bits per heavy atom. The highest BCUT2D eigenvalue weighted by Gasteiger charge is 2.12. The summed E-state index contributed by atoms with van der Waals surface area (Å²) >= 11 is 1.04. The Kier molecular flexibility index (Phi) is 4.33. The lowest BCUT2D eigenvalue weighted by Gasteiger charge is -2.00. The summed E-state index contributed by atoms with van der Waals surface area (Å²) < 4.78 is 10.9. The fraction of sp³-hybridized carbons (Fsp3) is 0.133. The van der Waals surface area contributed by atoms with Crippen LogP contribution in [0.25, 0.3) is 22.9 Å². The van der Waals surface area contributed by atoms with E-state index in [9.17, 15) is 4.79 Å². The van der Waals surface area contributed by atoms with Crippen molar-refractivity contribution in [2.45, 2.75) is 5.16 Å². The summed E-state index contributed by atoms with van der Waals surface area (Å²) in [6, 6.07) is 11.1. The standard InChI is InChI=1S/C15H13N3O4S/c1-21-10-4-2-9(3-5-10)11-6-7-12(22-11)14-16-15(18-17-14)23-8-13(19)20/h2-7H,8H2,1H3,(H,19,20)(H,16,17,18). The molecular weight excluding hydrogens is 318 g/mol. The van der Waals surface area contributed by atoms with E-state index in [1.165, 1.54) is 0 Å². The summed E-state index contributed by atoms with van der Waals surface area (Å²) in [6.07, 6.45) is 0. The van der Waals surface area contributed by atoms with Crippen LogP contribution in [0, 0.1) is 0 Å². The maximum atomic E-state index is 10.5. The Balaban J connectivity index is 1.77. The number of benzene rings is 1. The van der Waals surface area contributed by atoms with E-state index in [1.807, 2.05) is 30.3 Å². The molecule has 2 N–H and O–H groups in total. The van der Waals surface area contributed by atoms with Crippen LogP contribution in [0.1, 0.15) is 0 Å². The predicted octanol–water partition coefficient (Wildman–Crippen LogP) is 2.92. The van der Waals surface area contributed by atoms with Crippen LogP contribution in [-0.2, 0) is 4.79 Å². The van der Waals surface area contributed by atoms with Gasteiger partial charge in [-0.3, -0.25) is 9.89 Å². The number of aromatic nitrogens is 3. The zero-order valence-corrected chi connectivity index (χ0v) is 13.0. The Morgan fingerprint density at radius 1 is 1.26 bits per heavy atom. The van der Waals surface area contributed by atoms with Gasteiger partial charge < -0.3 is 14.3 Å². The van der Waals surface area contributed by atoms with Gasteiger partial charge in [0.2, 0.25) is 5.16 Å². The van der Waals surface area contributed by atoms with Gasteiger partial charge in [0, 0.05) is 5.56 Å². The van der Waals surface area contributed by atoms with E-state index in [4.69, 9.17) is 14.3 Å². The highest BCUT2D eigenvalue weighted by atomic mass is 32.2. The van der Waals surface area contributed by atoms with Crippen molar-refractivity contribution in [3.05, 3.63) is 36.4 Å². The van der Waals surface area contributed by atoms with Gasteiger partial charge in [0.15, 0.2) is 11.6 Å². The van der Waals surface area contributed by atoms with Crippen molar-refractivity contribution in [1.29, 1.82) is 0 Å². The molecule has 0 atom stereocenters. The number of nitrogens with one attached hydrogen (secondary N) is 1. The first-order chi connectivity index (χ1) is 11.2. The lowest BCUT2D eigenvalue weighted by molar-refractivity contribution is -0.133. The first-order valence-electron chi connectivity index (χ1n) is 6.67. The molecule has 0 spiro atoms. The number of methoxy groups -OCH3 is 1. The second kappa shape index (κ2) is 6.57. The van der Waals surface area contributed by atoms with Crippen LogP contribution in [0.15, 0.2) is 46.0 Å². The number of thioether (sulfide) groups is 1. The van der Waals surface area contributed by atoms with Crippen LogP contribution < -0.4 is 4.74 Å². The summed E-state index contributed by atoms with van der Waals surface area (Å²) in [4.78, 5) is 14.7. The molecule has 23 heavy (non-hydrogen) atoms. The van der Waals surface area contributed by atoms with Crippen LogP contribution >= 0.6 is 11.8 Å². The van der Waals surface area contributed by atoms with Gasteiger partial charge >= 0.3 is 5.97 Å². The summed E-state index contributed by atoms with van der Waals surface area (Å²) in [5.41, 5.74) is 0.914. The number of carboxylic acids is 1. The largest absolute Gasteiger partial charge is 0.497 e. The number of aliphatic carboxylic acids is 1. The van der Waals surface area contributed by atoms with Crippen LogP contribution in [0.5, 0.6) is 5.75 Å². The van der Waals surface area contributed by atoms with Gasteiger partial charge in [-0.25, -0.2) is 0 Å². The zero-order valence-electron chi connectivity index (χ0n) is 12.1. The monoisotopic (exact) mass is 331 g/mol. The molecule has 0 radical (unpaired) electrons. The van der Waals surface area contributed by atoms with Crippen molar-refractivity contribution >= 4 is 17.7 Å². The molecule has 3 aromatic rings. The minimum Gasteiger partial charge on any atom is -0.497 e. The molecule has 3 rings (SSSR count). The van der Waals surface area contributed by atoms with Gasteiger partial charge in [0.1, 0.15) is 11.5 Å². The summed E-state index contributed by atoms with van der Waals surface area (Å²) in [5.74, 6) is 1.45. The molecule has 0 saturated heterocycles. The maximum absolute atomic E-state index is 10.5. The molecule has 0 fully saturated rings. The molecule has 7 nitrogen and oxygen atoms in total. The number of hydrogen-bond acceptors (Lipinski definition) is 6. The number of ether oxygens (including phenoxy) is 1. The van der Waals surface area contributed by atoms with E-state index in [0.29, 0.717) is 22.5 Å². The molecule has 1 aromatic carbocycles. The van der Waals surface area contributed by atoms with Crippen LogP contribution in [0.4, 0.5) is 0 Å². The highest BCUT2D eigenvalue weighted by Crippen LogP contribution is 2.28. The minimum absolute atomic E-state index is 0.0907. The Morgan fingerprint density at radius 3 is 2.70 bits per heavy atom. The fourth-order valence-corrected chi connectivity index (χ4v) is 2.44. The smallest absolute Gasteiger partial charge is 0.313 e. The molecule has 0 aliphatic carbocycles. The molecule has 2 heterocycles. The fourth-order valence-electron chi connectivity index (χ4n) is 1.92. The molecule has 0 amide bonds. The third kappa shape index (κ3) is 3.54. The third-order valence-corrected chi connectivity index (χ3v) is 3.84. The molecule has 0 aliphatic heterocycles. The van der Waals surface area contributed by atoms with Crippen LogP contribution in [0.3, 0.4) is 0 Å². The van der Waals surface area contributed by atoms with Crippen molar-refractivity contribution in [1.82, 2.24) is 15.2 Å². The van der Waals surface area contributed by atoms with Crippen LogP contribution in [0.2, 0.25) is 0 Å². The zero-order chi connectivity index (χ0) is 16.2. The number of H-pyrrole nitrogens is 1. The van der Waals surface area contributed by atoms with E-state index in [0.717, 1.165) is 23.1 Å². The van der Waals surface area contributed by atoms with Gasteiger partial charge in [-0.15, -0.1) is 5.10 Å². The minimum atomic E-state index is -0.916. The molecule has 0 bridgehead atoms.